The molecule has 1 rings (SSSR count). The first-order valence-electron chi connectivity index (χ1n) is 5.21. The average Bonchev–Trinajstić information content (AvgIpc) is 2.50. The van der Waals surface area contributed by atoms with Crippen molar-refractivity contribution in [1.82, 2.24) is 5.32 Å². The molecule has 0 saturated heterocycles. The topological polar surface area (TPSA) is 33.6 Å². The smallest absolute Gasteiger partial charge is 0.156 e. The van der Waals surface area contributed by atoms with Crippen LogP contribution in [0.3, 0.4) is 0 Å². The molecule has 1 unspecified atom stereocenters. The van der Waals surface area contributed by atoms with Crippen LogP contribution in [0.15, 0.2) is 4.99 Å². The van der Waals surface area contributed by atoms with Crippen LogP contribution >= 0.6 is 11.8 Å². The van der Waals surface area contributed by atoms with E-state index in [4.69, 9.17) is 4.74 Å². The van der Waals surface area contributed by atoms with Crippen LogP contribution in [0.5, 0.6) is 0 Å². The summed E-state index contributed by atoms with van der Waals surface area (Å²) in [6, 6.07) is 0. The van der Waals surface area contributed by atoms with Crippen molar-refractivity contribution in [1.29, 1.82) is 0 Å². The molecule has 3 nitrogen and oxygen atoms in total. The monoisotopic (exact) mass is 216 g/mol. The number of aliphatic imine (C=N–C) groups is 1. The Bertz CT molecular complexity index is 195. The van der Waals surface area contributed by atoms with E-state index < -0.39 is 0 Å². The quantitative estimate of drug-likeness (QED) is 0.711. The number of nitrogens with one attached hydrogen (secondary N) is 1. The van der Waals surface area contributed by atoms with E-state index in [0.29, 0.717) is 11.2 Å². The molecule has 0 amide bonds. The van der Waals surface area contributed by atoms with Crippen LogP contribution in [0.25, 0.3) is 0 Å². The summed E-state index contributed by atoms with van der Waals surface area (Å²) < 4.78 is 5.45. The summed E-state index contributed by atoms with van der Waals surface area (Å²) in [5.74, 6) is 0.619. The Morgan fingerprint density at radius 2 is 2.43 bits per heavy atom. The summed E-state index contributed by atoms with van der Waals surface area (Å²) in [7, 11) is 0. The zero-order valence-corrected chi connectivity index (χ0v) is 10.1. The van der Waals surface area contributed by atoms with Crippen LogP contribution < -0.4 is 5.32 Å². The summed E-state index contributed by atoms with van der Waals surface area (Å²) in [6.45, 7) is 9.94. The number of amidine groups is 1. The van der Waals surface area contributed by atoms with E-state index in [1.807, 2.05) is 11.8 Å². The SMILES string of the molecule is CC(C)COCCNC1=NCC(C)S1. The van der Waals surface area contributed by atoms with Gasteiger partial charge in [-0.2, -0.15) is 0 Å². The minimum Gasteiger partial charge on any atom is -0.379 e. The highest BCUT2D eigenvalue weighted by Crippen LogP contribution is 2.17. The maximum Gasteiger partial charge on any atom is 0.156 e. The minimum absolute atomic E-state index is 0.619. The molecule has 1 atom stereocenters. The lowest BCUT2D eigenvalue weighted by Crippen LogP contribution is -2.24. The van der Waals surface area contributed by atoms with Crippen molar-refractivity contribution < 1.29 is 4.74 Å². The zero-order valence-electron chi connectivity index (χ0n) is 9.25. The number of hydrogen-bond donors (Lipinski definition) is 1. The first-order chi connectivity index (χ1) is 6.68. The molecule has 0 spiro atoms. The lowest BCUT2D eigenvalue weighted by molar-refractivity contribution is 0.114. The molecular formula is C10H20N2OS. The van der Waals surface area contributed by atoms with E-state index in [9.17, 15) is 0 Å². The van der Waals surface area contributed by atoms with Gasteiger partial charge in [0.15, 0.2) is 5.17 Å². The second-order valence-corrected chi connectivity index (χ2v) is 5.40. The van der Waals surface area contributed by atoms with Crippen LogP contribution in [-0.2, 0) is 4.74 Å². The Balaban J connectivity index is 1.94. The fourth-order valence-corrected chi connectivity index (χ4v) is 1.99. The molecule has 0 aromatic heterocycles. The van der Waals surface area contributed by atoms with Crippen molar-refractivity contribution in [3.05, 3.63) is 0 Å². The van der Waals surface area contributed by atoms with Crippen LogP contribution in [0.1, 0.15) is 20.8 Å². The highest BCUT2D eigenvalue weighted by Gasteiger charge is 2.13. The molecule has 0 saturated carbocycles. The van der Waals surface area contributed by atoms with Gasteiger partial charge in [0.05, 0.1) is 13.2 Å². The van der Waals surface area contributed by atoms with Gasteiger partial charge < -0.3 is 10.1 Å². The molecule has 0 aromatic rings. The Labute approximate surface area is 90.7 Å². The lowest BCUT2D eigenvalue weighted by Gasteiger charge is -2.08. The second kappa shape index (κ2) is 6.30. The fraction of sp³-hybridized carbons (Fsp3) is 0.900. The van der Waals surface area contributed by atoms with E-state index in [1.165, 1.54) is 0 Å². The van der Waals surface area contributed by atoms with E-state index in [0.717, 1.165) is 31.5 Å². The Morgan fingerprint density at radius 3 is 3.00 bits per heavy atom. The lowest BCUT2D eigenvalue weighted by atomic mass is 10.2. The summed E-state index contributed by atoms with van der Waals surface area (Å²) in [5.41, 5.74) is 0. The third-order valence-corrected chi connectivity index (χ3v) is 2.83. The van der Waals surface area contributed by atoms with Gasteiger partial charge in [-0.1, -0.05) is 32.5 Å². The summed E-state index contributed by atoms with van der Waals surface area (Å²) in [6.07, 6.45) is 0. The molecule has 0 aliphatic carbocycles. The molecule has 1 aliphatic rings. The number of hydrogen-bond acceptors (Lipinski definition) is 4. The number of thioether (sulfide) groups is 1. The molecule has 1 N–H and O–H groups in total. The highest BCUT2D eigenvalue weighted by atomic mass is 32.2. The highest BCUT2D eigenvalue weighted by molar-refractivity contribution is 8.14. The standard InChI is InChI=1S/C10H20N2OS/c1-8(2)7-13-5-4-11-10-12-6-9(3)14-10/h8-9H,4-7H2,1-3H3,(H,11,12). The first kappa shape index (κ1) is 11.9. The molecular weight excluding hydrogens is 196 g/mol. The van der Waals surface area contributed by atoms with Gasteiger partial charge in [0, 0.05) is 18.4 Å². The Hall–Kier alpha value is -0.220. The minimum atomic E-state index is 0.619. The van der Waals surface area contributed by atoms with Gasteiger partial charge in [0.1, 0.15) is 0 Å². The number of rotatable bonds is 5. The van der Waals surface area contributed by atoms with Crippen LogP contribution in [-0.4, -0.2) is 36.7 Å². The van der Waals surface area contributed by atoms with Crippen molar-refractivity contribution in [3.8, 4) is 0 Å². The molecule has 0 aromatic carbocycles. The van der Waals surface area contributed by atoms with E-state index in [1.54, 1.807) is 0 Å². The molecule has 0 radical (unpaired) electrons. The summed E-state index contributed by atoms with van der Waals surface area (Å²) >= 11 is 1.81. The predicted molar refractivity (Wildman–Crippen MR) is 63.0 cm³/mol. The van der Waals surface area contributed by atoms with Crippen LogP contribution in [0, 0.1) is 5.92 Å². The normalized spacial score (nSPS) is 21.4. The second-order valence-electron chi connectivity index (χ2n) is 3.97. The summed E-state index contributed by atoms with van der Waals surface area (Å²) in [4.78, 5) is 4.36. The number of nitrogens with zero attached hydrogens (tertiary/aromatic N) is 1. The van der Waals surface area contributed by atoms with E-state index in [2.05, 4.69) is 31.1 Å². The largest absolute Gasteiger partial charge is 0.379 e. The number of ether oxygens (including phenoxy) is 1. The molecule has 0 bridgehead atoms. The van der Waals surface area contributed by atoms with Crippen molar-refractivity contribution >= 4 is 16.9 Å². The molecule has 82 valence electrons. The third-order valence-electron chi connectivity index (χ3n) is 1.78. The van der Waals surface area contributed by atoms with Gasteiger partial charge in [0.25, 0.3) is 0 Å². The zero-order chi connectivity index (χ0) is 10.4. The van der Waals surface area contributed by atoms with Gasteiger partial charge >= 0.3 is 0 Å². The van der Waals surface area contributed by atoms with Gasteiger partial charge in [0.2, 0.25) is 0 Å². The van der Waals surface area contributed by atoms with Gasteiger partial charge in [-0.05, 0) is 5.92 Å². The fourth-order valence-electron chi connectivity index (χ4n) is 1.12. The Kier molecular flexibility index (Phi) is 5.33. The maximum atomic E-state index is 5.45. The third kappa shape index (κ3) is 4.86. The molecule has 1 aliphatic heterocycles. The molecule has 4 heteroatoms. The van der Waals surface area contributed by atoms with Crippen LogP contribution in [0.4, 0.5) is 0 Å². The van der Waals surface area contributed by atoms with E-state index in [-0.39, 0.29) is 0 Å². The average molecular weight is 216 g/mol. The predicted octanol–water partition coefficient (Wildman–Crippen LogP) is 1.74. The molecule has 1 heterocycles. The van der Waals surface area contributed by atoms with Gasteiger partial charge in [-0.3, -0.25) is 4.99 Å². The van der Waals surface area contributed by atoms with Crippen molar-refractivity contribution in [3.63, 3.8) is 0 Å². The van der Waals surface area contributed by atoms with Crippen LogP contribution in [0.2, 0.25) is 0 Å². The summed E-state index contributed by atoms with van der Waals surface area (Å²) in [5, 5.41) is 4.98. The maximum absolute atomic E-state index is 5.45. The van der Waals surface area contributed by atoms with Crippen molar-refractivity contribution in [2.24, 2.45) is 10.9 Å². The first-order valence-corrected chi connectivity index (χ1v) is 6.09. The Morgan fingerprint density at radius 1 is 1.64 bits per heavy atom. The van der Waals surface area contributed by atoms with Gasteiger partial charge in [-0.15, -0.1) is 0 Å². The van der Waals surface area contributed by atoms with Gasteiger partial charge in [-0.25, -0.2) is 0 Å². The van der Waals surface area contributed by atoms with Crippen molar-refractivity contribution in [2.75, 3.05) is 26.3 Å². The van der Waals surface area contributed by atoms with Crippen molar-refractivity contribution in [2.45, 2.75) is 26.0 Å². The van der Waals surface area contributed by atoms with E-state index >= 15 is 0 Å². The molecule has 0 fully saturated rings. The molecule has 14 heavy (non-hydrogen) atoms.